The molecule has 0 saturated carbocycles. The SMILES string of the molecule is CNC(=O)C(CCSSC(C)(C)CN(CCOCCOCCOC)c1cc(COc2cc3c(cc2C)C(=O)N2c4ccccc4C[C@H]2CC3)cc(COc2cc3c(cc2OC)C(=O)N2c4ccccc4C[C@H]2CC3)c1)S(=O)(=O)O. The van der Waals surface area contributed by atoms with E-state index in [-0.39, 0.29) is 43.5 Å². The molecule has 16 nitrogen and oxygen atoms in total. The van der Waals surface area contributed by atoms with Gasteiger partial charge in [0.05, 0.1) is 40.1 Å². The van der Waals surface area contributed by atoms with Gasteiger partial charge in [-0.2, -0.15) is 8.42 Å². The number of anilines is 3. The Morgan fingerprint density at radius 2 is 1.30 bits per heavy atom. The van der Waals surface area contributed by atoms with Crippen LogP contribution in [0.1, 0.15) is 92.8 Å². The maximum Gasteiger partial charge on any atom is 0.276 e. The first-order valence-electron chi connectivity index (χ1n) is 27.0. The van der Waals surface area contributed by atoms with Crippen molar-refractivity contribution >= 4 is 66.5 Å². The summed E-state index contributed by atoms with van der Waals surface area (Å²) in [6, 6.07) is 30.5. The minimum Gasteiger partial charge on any atom is -0.493 e. The predicted molar refractivity (Wildman–Crippen MR) is 311 cm³/mol. The third kappa shape index (κ3) is 13.7. The van der Waals surface area contributed by atoms with E-state index in [0.29, 0.717) is 86.7 Å². The first-order chi connectivity index (χ1) is 38.0. The Morgan fingerprint density at radius 1 is 0.747 bits per heavy atom. The van der Waals surface area contributed by atoms with E-state index >= 15 is 0 Å². The monoisotopic (exact) mass is 1140 g/mol. The van der Waals surface area contributed by atoms with Gasteiger partial charge in [-0.15, -0.1) is 0 Å². The second kappa shape index (κ2) is 25.8. The minimum absolute atomic E-state index is 0.0200. The van der Waals surface area contributed by atoms with E-state index < -0.39 is 26.0 Å². The Kier molecular flexibility index (Phi) is 18.9. The van der Waals surface area contributed by atoms with Crippen molar-refractivity contribution in [3.8, 4) is 17.2 Å². The fraction of sp³-hybridized carbons (Fsp3) is 0.450. The van der Waals surface area contributed by atoms with Gasteiger partial charge in [-0.25, -0.2) is 0 Å². The third-order valence-corrected chi connectivity index (χ3v) is 19.5. The molecule has 2 N–H and O–H groups in total. The van der Waals surface area contributed by atoms with E-state index in [9.17, 15) is 27.4 Å². The zero-order valence-electron chi connectivity index (χ0n) is 45.9. The summed E-state index contributed by atoms with van der Waals surface area (Å²) in [6.45, 7) is 9.69. The van der Waals surface area contributed by atoms with Gasteiger partial charge in [-0.3, -0.25) is 18.9 Å². The zero-order chi connectivity index (χ0) is 55.8. The lowest BCUT2D eigenvalue weighted by atomic mass is 9.98. The van der Waals surface area contributed by atoms with Crippen LogP contribution in [0.15, 0.2) is 91.0 Å². The highest BCUT2D eigenvalue weighted by molar-refractivity contribution is 8.77. The number of hydrogen-bond acceptors (Lipinski definition) is 14. The average Bonchev–Trinajstić information content (AvgIpc) is 4.20. The lowest BCUT2D eigenvalue weighted by molar-refractivity contribution is -0.120. The van der Waals surface area contributed by atoms with Crippen LogP contribution in [0.5, 0.6) is 17.2 Å². The fourth-order valence-electron chi connectivity index (χ4n) is 11.2. The average molecular weight is 1140 g/mol. The molecule has 3 atom stereocenters. The smallest absolute Gasteiger partial charge is 0.276 e. The van der Waals surface area contributed by atoms with Crippen LogP contribution in [0.25, 0.3) is 0 Å². The van der Waals surface area contributed by atoms with Crippen LogP contribution in [0.3, 0.4) is 0 Å². The number of fused-ring (bicyclic) bond motifs is 8. The Hall–Kier alpha value is -5.80. The van der Waals surface area contributed by atoms with Crippen molar-refractivity contribution < 1.29 is 55.8 Å². The van der Waals surface area contributed by atoms with Gasteiger partial charge in [0.25, 0.3) is 21.9 Å². The van der Waals surface area contributed by atoms with Crippen molar-refractivity contribution in [2.75, 3.05) is 87.8 Å². The van der Waals surface area contributed by atoms with Crippen LogP contribution >= 0.6 is 21.6 Å². The second-order valence-corrected chi connectivity index (χ2v) is 25.9. The Balaban J connectivity index is 0.993. The van der Waals surface area contributed by atoms with Crippen molar-refractivity contribution in [1.82, 2.24) is 5.32 Å². The van der Waals surface area contributed by atoms with E-state index in [0.717, 1.165) is 77.0 Å². The van der Waals surface area contributed by atoms with E-state index in [2.05, 4.69) is 54.4 Å². The number of methoxy groups -OCH3 is 2. The summed E-state index contributed by atoms with van der Waals surface area (Å²) < 4.78 is 69.9. The molecule has 1 unspecified atom stereocenters. The lowest BCUT2D eigenvalue weighted by Gasteiger charge is -2.34. The maximum atomic E-state index is 14.3. The van der Waals surface area contributed by atoms with Crippen LogP contribution in [0, 0.1) is 6.92 Å². The van der Waals surface area contributed by atoms with E-state index in [1.807, 2.05) is 77.4 Å². The topological polar surface area (TPSA) is 183 Å². The van der Waals surface area contributed by atoms with Gasteiger partial charge in [0.15, 0.2) is 16.7 Å². The molecule has 19 heteroatoms. The molecule has 9 rings (SSSR count). The lowest BCUT2D eigenvalue weighted by Crippen LogP contribution is -2.39. The van der Waals surface area contributed by atoms with Crippen molar-refractivity contribution in [3.63, 3.8) is 0 Å². The number of benzene rings is 5. The highest BCUT2D eigenvalue weighted by Gasteiger charge is 2.39. The summed E-state index contributed by atoms with van der Waals surface area (Å²) in [5, 5.41) is 0.775. The number of hydrogen-bond donors (Lipinski definition) is 2. The van der Waals surface area contributed by atoms with Gasteiger partial charge < -0.3 is 48.4 Å². The predicted octanol–water partition coefficient (Wildman–Crippen LogP) is 9.24. The summed E-state index contributed by atoms with van der Waals surface area (Å²) in [5.74, 6) is 1.20. The molecular formula is C60H72N4O12S3. The molecule has 5 aromatic carbocycles. The van der Waals surface area contributed by atoms with Crippen molar-refractivity contribution in [1.29, 1.82) is 0 Å². The summed E-state index contributed by atoms with van der Waals surface area (Å²) >= 11 is 0. The van der Waals surface area contributed by atoms with E-state index in [4.69, 9.17) is 28.4 Å². The zero-order valence-corrected chi connectivity index (χ0v) is 48.4. The number of para-hydroxylation sites is 2. The molecule has 3 amide bonds. The number of nitrogens with one attached hydrogen (secondary N) is 1. The quantitative estimate of drug-likeness (QED) is 0.0303. The van der Waals surface area contributed by atoms with Crippen molar-refractivity contribution in [3.05, 3.63) is 141 Å². The molecule has 422 valence electrons. The molecule has 0 radical (unpaired) electrons. The molecular weight excluding hydrogens is 1060 g/mol. The van der Waals surface area contributed by atoms with Crippen LogP contribution < -0.4 is 34.2 Å². The van der Waals surface area contributed by atoms with Crippen LogP contribution in [-0.4, -0.2) is 126 Å². The number of ether oxygens (including phenoxy) is 6. The summed E-state index contributed by atoms with van der Waals surface area (Å²) in [5.41, 5.74) is 11.0. The van der Waals surface area contributed by atoms with Gasteiger partial charge in [0.2, 0.25) is 5.91 Å². The first-order valence-corrected chi connectivity index (χ1v) is 30.8. The van der Waals surface area contributed by atoms with E-state index in [1.165, 1.54) is 29.0 Å². The van der Waals surface area contributed by atoms with Gasteiger partial charge in [0, 0.05) is 78.0 Å². The number of rotatable bonds is 26. The van der Waals surface area contributed by atoms with Gasteiger partial charge in [0.1, 0.15) is 19.0 Å². The molecule has 0 aliphatic carbocycles. The minimum atomic E-state index is -4.60. The Bertz CT molecular complexity index is 3140. The summed E-state index contributed by atoms with van der Waals surface area (Å²) in [4.78, 5) is 47.1. The maximum absolute atomic E-state index is 14.3. The molecule has 0 fully saturated rings. The second-order valence-electron chi connectivity index (χ2n) is 21.1. The molecule has 4 aliphatic rings. The third-order valence-electron chi connectivity index (χ3n) is 15.0. The molecule has 4 aliphatic heterocycles. The van der Waals surface area contributed by atoms with E-state index in [1.54, 1.807) is 25.0 Å². The normalized spacial score (nSPS) is 16.9. The van der Waals surface area contributed by atoms with Crippen LogP contribution in [0.2, 0.25) is 0 Å². The summed E-state index contributed by atoms with van der Waals surface area (Å²) in [7, 11) is 2.96. The molecule has 0 spiro atoms. The van der Waals surface area contributed by atoms with Crippen LogP contribution in [0.4, 0.5) is 17.1 Å². The van der Waals surface area contributed by atoms with Crippen molar-refractivity contribution in [2.45, 2.75) is 101 Å². The molecule has 79 heavy (non-hydrogen) atoms. The molecule has 0 saturated heterocycles. The molecule has 4 heterocycles. The van der Waals surface area contributed by atoms with Crippen molar-refractivity contribution in [2.24, 2.45) is 0 Å². The first kappa shape index (κ1) is 57.9. The molecule has 5 aromatic rings. The fourth-order valence-corrected chi connectivity index (χ4v) is 14.7. The number of aryl methyl sites for hydroxylation is 3. The van der Waals surface area contributed by atoms with Gasteiger partial charge in [-0.05, 0) is 159 Å². The number of amides is 3. The highest BCUT2D eigenvalue weighted by Crippen LogP contribution is 2.43. The van der Waals surface area contributed by atoms with Gasteiger partial charge >= 0.3 is 0 Å². The highest BCUT2D eigenvalue weighted by atomic mass is 33.1. The number of nitrogens with zero attached hydrogens (tertiary/aromatic N) is 3. The van der Waals surface area contributed by atoms with Crippen LogP contribution in [-0.2, 0) is 68.0 Å². The number of carbonyl (C=O) groups is 3. The largest absolute Gasteiger partial charge is 0.493 e. The standard InChI is InChI=1S/C60H72N4O12S3/c1-39-27-49-42(15-17-46-31-44-11-7-9-13-51(44)63(46)58(49)66)33-53(39)75-36-40-28-41(37-76-55-34-43-16-18-47-32-45-12-8-10-14-52(45)64(47)59(67)50(43)35-54(55)72-6)30-48(29-40)62(20-21-73-24-25-74-23-22-71-5)38-60(2,3)78-77-26-19-56(57(65)61-4)79(68,69)70/h7-14,27-30,33-35,46-47,56H,15-26,31-32,36-38H2,1-6H3,(H,61,65)(H,68,69,70)/t46-,47-,56?/m1/s1. The molecule has 0 bridgehead atoms. The Morgan fingerprint density at radius 3 is 1.89 bits per heavy atom. The van der Waals surface area contributed by atoms with Gasteiger partial charge in [-0.1, -0.05) is 58.0 Å². The number of carbonyl (C=O) groups excluding carboxylic acids is 3. The Labute approximate surface area is 472 Å². The summed E-state index contributed by atoms with van der Waals surface area (Å²) in [6.07, 6.45) is 4.70. The molecule has 0 aromatic heterocycles.